The molecule has 1 saturated heterocycles. The Labute approximate surface area is 117 Å². The second kappa shape index (κ2) is 7.11. The predicted octanol–water partition coefficient (Wildman–Crippen LogP) is 2.92. The molecule has 0 bridgehead atoms. The second-order valence-corrected chi connectivity index (χ2v) is 6.24. The van der Waals surface area contributed by atoms with Crippen LogP contribution >= 0.6 is 0 Å². The highest BCUT2D eigenvalue weighted by Gasteiger charge is 2.23. The van der Waals surface area contributed by atoms with Gasteiger partial charge in [-0.3, -0.25) is 4.90 Å². The summed E-state index contributed by atoms with van der Waals surface area (Å²) in [6.07, 6.45) is 5.28. The lowest BCUT2D eigenvalue weighted by molar-refractivity contribution is 0.137. The summed E-state index contributed by atoms with van der Waals surface area (Å²) in [6.45, 7) is 10.5. The van der Waals surface area contributed by atoms with Crippen molar-refractivity contribution in [2.24, 2.45) is 5.92 Å². The van der Waals surface area contributed by atoms with Crippen molar-refractivity contribution < 1.29 is 4.42 Å². The zero-order valence-corrected chi connectivity index (χ0v) is 12.6. The summed E-state index contributed by atoms with van der Waals surface area (Å²) in [5.41, 5.74) is 0. The minimum absolute atomic E-state index is 0.641. The summed E-state index contributed by atoms with van der Waals surface area (Å²) in [5.74, 6) is 1.89. The third-order valence-electron chi connectivity index (χ3n) is 4.05. The maximum Gasteiger partial charge on any atom is 0.103 e. The molecular weight excluding hydrogens is 236 g/mol. The topological polar surface area (TPSA) is 28.4 Å². The lowest BCUT2D eigenvalue weighted by atomic mass is 10.0. The zero-order chi connectivity index (χ0) is 13.7. The Hall–Kier alpha value is -0.800. The number of piperazine rings is 1. The predicted molar refractivity (Wildman–Crippen MR) is 79.3 cm³/mol. The van der Waals surface area contributed by atoms with Crippen LogP contribution in [0.2, 0.25) is 0 Å². The van der Waals surface area contributed by atoms with E-state index in [1.54, 1.807) is 6.26 Å². The molecule has 0 amide bonds. The number of nitrogens with zero attached hydrogens (tertiary/aromatic N) is 1. The van der Waals surface area contributed by atoms with Gasteiger partial charge in [0.2, 0.25) is 0 Å². The first-order chi connectivity index (χ1) is 9.15. The molecule has 1 aromatic heterocycles. The first-order valence-electron chi connectivity index (χ1n) is 7.65. The lowest BCUT2D eigenvalue weighted by Crippen LogP contribution is -2.53. The average Bonchev–Trinajstić information content (AvgIpc) is 2.88. The quantitative estimate of drug-likeness (QED) is 0.856. The number of aryl methyl sites for hydroxylation is 1. The summed E-state index contributed by atoms with van der Waals surface area (Å²) in [5, 5.41) is 3.64. The molecule has 0 radical (unpaired) electrons. The first-order valence-corrected chi connectivity index (χ1v) is 7.65. The van der Waals surface area contributed by atoms with E-state index < -0.39 is 0 Å². The molecule has 0 aromatic carbocycles. The molecule has 3 heteroatoms. The number of hydrogen-bond donors (Lipinski definition) is 1. The Morgan fingerprint density at radius 3 is 2.95 bits per heavy atom. The highest BCUT2D eigenvalue weighted by Crippen LogP contribution is 2.15. The molecule has 1 aliphatic rings. The van der Waals surface area contributed by atoms with E-state index in [0.29, 0.717) is 12.1 Å². The van der Waals surface area contributed by atoms with Crippen molar-refractivity contribution in [3.63, 3.8) is 0 Å². The third kappa shape index (κ3) is 4.66. The van der Waals surface area contributed by atoms with Crippen LogP contribution in [0, 0.1) is 5.92 Å². The van der Waals surface area contributed by atoms with E-state index in [9.17, 15) is 0 Å². The Morgan fingerprint density at radius 2 is 2.26 bits per heavy atom. The molecule has 1 N–H and O–H groups in total. The second-order valence-electron chi connectivity index (χ2n) is 6.24. The molecule has 0 saturated carbocycles. The van der Waals surface area contributed by atoms with Crippen molar-refractivity contribution >= 4 is 0 Å². The van der Waals surface area contributed by atoms with Crippen molar-refractivity contribution in [3.8, 4) is 0 Å². The van der Waals surface area contributed by atoms with Crippen LogP contribution in [-0.4, -0.2) is 36.6 Å². The van der Waals surface area contributed by atoms with Gasteiger partial charge in [-0.2, -0.15) is 0 Å². The van der Waals surface area contributed by atoms with E-state index in [-0.39, 0.29) is 0 Å². The molecule has 0 spiro atoms. The van der Waals surface area contributed by atoms with Gasteiger partial charge in [-0.25, -0.2) is 0 Å². The van der Waals surface area contributed by atoms with Gasteiger partial charge in [-0.15, -0.1) is 0 Å². The summed E-state index contributed by atoms with van der Waals surface area (Å²) >= 11 is 0. The van der Waals surface area contributed by atoms with Gasteiger partial charge in [0.15, 0.2) is 0 Å². The molecule has 2 atom stereocenters. The molecule has 0 aliphatic carbocycles. The average molecular weight is 264 g/mol. The van der Waals surface area contributed by atoms with Crippen LogP contribution in [0.5, 0.6) is 0 Å². The zero-order valence-electron chi connectivity index (χ0n) is 12.6. The highest BCUT2D eigenvalue weighted by molar-refractivity contribution is 4.98. The van der Waals surface area contributed by atoms with E-state index >= 15 is 0 Å². The van der Waals surface area contributed by atoms with E-state index in [1.165, 1.54) is 25.9 Å². The van der Waals surface area contributed by atoms with Crippen molar-refractivity contribution in [3.05, 3.63) is 24.2 Å². The van der Waals surface area contributed by atoms with Crippen LogP contribution < -0.4 is 5.32 Å². The summed E-state index contributed by atoms with van der Waals surface area (Å²) in [6, 6.07) is 5.36. The van der Waals surface area contributed by atoms with Gasteiger partial charge in [-0.05, 0) is 37.8 Å². The van der Waals surface area contributed by atoms with Gasteiger partial charge >= 0.3 is 0 Å². The molecule has 2 unspecified atom stereocenters. The van der Waals surface area contributed by atoms with Crippen LogP contribution in [0.15, 0.2) is 22.8 Å². The van der Waals surface area contributed by atoms with Gasteiger partial charge < -0.3 is 9.73 Å². The van der Waals surface area contributed by atoms with Crippen molar-refractivity contribution in [2.75, 3.05) is 19.6 Å². The normalized spacial score (nSPS) is 22.8. The van der Waals surface area contributed by atoms with Crippen LogP contribution in [0.3, 0.4) is 0 Å². The molecule has 1 aromatic rings. The summed E-state index contributed by atoms with van der Waals surface area (Å²) in [7, 11) is 0. The van der Waals surface area contributed by atoms with Crippen molar-refractivity contribution in [2.45, 2.75) is 52.1 Å². The fraction of sp³-hybridized carbons (Fsp3) is 0.750. The molecule has 19 heavy (non-hydrogen) atoms. The molecule has 2 heterocycles. The van der Waals surface area contributed by atoms with Crippen molar-refractivity contribution in [1.29, 1.82) is 0 Å². The smallest absolute Gasteiger partial charge is 0.103 e. The standard InChI is InChI=1S/C16H28N2O/c1-13(2)11-15-12-18(9-8-17-15)14(3)6-7-16-5-4-10-19-16/h4-5,10,13-15,17H,6-9,11-12H2,1-3H3. The Balaban J connectivity index is 1.76. The largest absolute Gasteiger partial charge is 0.469 e. The van der Waals surface area contributed by atoms with E-state index in [4.69, 9.17) is 4.42 Å². The lowest BCUT2D eigenvalue weighted by Gasteiger charge is -2.38. The molecular formula is C16H28N2O. The summed E-state index contributed by atoms with van der Waals surface area (Å²) < 4.78 is 5.41. The Morgan fingerprint density at radius 1 is 1.42 bits per heavy atom. The van der Waals surface area contributed by atoms with Crippen molar-refractivity contribution in [1.82, 2.24) is 10.2 Å². The number of nitrogens with one attached hydrogen (secondary N) is 1. The maximum absolute atomic E-state index is 5.41. The van der Waals surface area contributed by atoms with Crippen LogP contribution in [-0.2, 0) is 6.42 Å². The van der Waals surface area contributed by atoms with Gasteiger partial charge in [0, 0.05) is 38.1 Å². The van der Waals surface area contributed by atoms with Crippen LogP contribution in [0.4, 0.5) is 0 Å². The van der Waals surface area contributed by atoms with Gasteiger partial charge in [-0.1, -0.05) is 13.8 Å². The molecule has 3 nitrogen and oxygen atoms in total. The first kappa shape index (κ1) is 14.6. The number of hydrogen-bond acceptors (Lipinski definition) is 3. The minimum Gasteiger partial charge on any atom is -0.469 e. The SMILES string of the molecule is CC(C)CC1CN(C(C)CCc2ccco2)CCN1. The van der Waals surface area contributed by atoms with Gasteiger partial charge in [0.25, 0.3) is 0 Å². The number of furan rings is 1. The highest BCUT2D eigenvalue weighted by atomic mass is 16.3. The van der Waals surface area contributed by atoms with Crippen LogP contribution in [0.25, 0.3) is 0 Å². The minimum atomic E-state index is 0.641. The van der Waals surface area contributed by atoms with Gasteiger partial charge in [0.05, 0.1) is 6.26 Å². The van der Waals surface area contributed by atoms with E-state index in [1.807, 2.05) is 6.07 Å². The Bertz CT molecular complexity index is 348. The maximum atomic E-state index is 5.41. The molecule has 2 rings (SSSR count). The third-order valence-corrected chi connectivity index (χ3v) is 4.05. The molecule has 1 fully saturated rings. The fourth-order valence-electron chi connectivity index (χ4n) is 2.97. The Kier molecular flexibility index (Phi) is 5.46. The summed E-state index contributed by atoms with van der Waals surface area (Å²) in [4.78, 5) is 2.63. The van der Waals surface area contributed by atoms with E-state index in [0.717, 1.165) is 24.6 Å². The monoisotopic (exact) mass is 264 g/mol. The molecule has 108 valence electrons. The van der Waals surface area contributed by atoms with E-state index in [2.05, 4.69) is 37.1 Å². The molecule has 1 aliphatic heterocycles. The van der Waals surface area contributed by atoms with Gasteiger partial charge in [0.1, 0.15) is 5.76 Å². The fourth-order valence-corrected chi connectivity index (χ4v) is 2.97. The van der Waals surface area contributed by atoms with Crippen LogP contribution in [0.1, 0.15) is 39.4 Å². The number of rotatable bonds is 6.